The van der Waals surface area contributed by atoms with Crippen molar-refractivity contribution in [2.24, 2.45) is 0 Å². The number of hydrogen-bond acceptors (Lipinski definition) is 3. The maximum absolute atomic E-state index is 5.93. The summed E-state index contributed by atoms with van der Waals surface area (Å²) < 4.78 is 2.07. The summed E-state index contributed by atoms with van der Waals surface area (Å²) in [6.45, 7) is 1.97. The summed E-state index contributed by atoms with van der Waals surface area (Å²) in [6.07, 6.45) is 8.34. The summed E-state index contributed by atoms with van der Waals surface area (Å²) in [7, 11) is 0. The highest BCUT2D eigenvalue weighted by atomic mass is 15.1. The molecule has 0 fully saturated rings. The van der Waals surface area contributed by atoms with Crippen LogP contribution in [-0.2, 0) is 12.8 Å². The number of rotatable bonds is 1. The Morgan fingerprint density at radius 2 is 2.06 bits per heavy atom. The molecule has 0 bridgehead atoms. The molecule has 3 rings (SSSR count). The van der Waals surface area contributed by atoms with Crippen LogP contribution in [0.5, 0.6) is 0 Å². The zero-order chi connectivity index (χ0) is 11.8. The third kappa shape index (κ3) is 1.69. The van der Waals surface area contributed by atoms with Crippen LogP contribution in [0.4, 0.5) is 5.69 Å². The summed E-state index contributed by atoms with van der Waals surface area (Å²) in [6, 6.07) is 1.92. The van der Waals surface area contributed by atoms with Gasteiger partial charge in [0, 0.05) is 23.6 Å². The number of aromatic nitrogens is 3. The normalized spacial score (nSPS) is 14.6. The molecule has 0 unspecified atom stereocenters. The van der Waals surface area contributed by atoms with Gasteiger partial charge < -0.3 is 5.73 Å². The van der Waals surface area contributed by atoms with E-state index in [0.29, 0.717) is 0 Å². The fourth-order valence-corrected chi connectivity index (χ4v) is 2.33. The van der Waals surface area contributed by atoms with Crippen molar-refractivity contribution in [3.8, 4) is 5.82 Å². The highest BCUT2D eigenvalue weighted by Crippen LogP contribution is 2.23. The second-order valence-corrected chi connectivity index (χ2v) is 4.61. The number of anilines is 1. The van der Waals surface area contributed by atoms with Crippen LogP contribution in [0.1, 0.15) is 29.8 Å². The molecule has 4 nitrogen and oxygen atoms in total. The summed E-state index contributed by atoms with van der Waals surface area (Å²) in [5.74, 6) is 0.878. The van der Waals surface area contributed by atoms with E-state index in [1.807, 2.05) is 25.5 Å². The van der Waals surface area contributed by atoms with E-state index in [-0.39, 0.29) is 0 Å². The molecule has 0 aromatic carbocycles. The summed E-state index contributed by atoms with van der Waals surface area (Å²) >= 11 is 0. The van der Waals surface area contributed by atoms with E-state index in [9.17, 15) is 0 Å². The Labute approximate surface area is 101 Å². The minimum Gasteiger partial charge on any atom is -0.398 e. The summed E-state index contributed by atoms with van der Waals surface area (Å²) in [5, 5.41) is 0. The Balaban J connectivity index is 2.09. The van der Waals surface area contributed by atoms with Crippen LogP contribution in [-0.4, -0.2) is 14.5 Å². The van der Waals surface area contributed by atoms with Crippen LogP contribution >= 0.6 is 0 Å². The number of nitrogen functional groups attached to an aromatic ring is 1. The Morgan fingerprint density at radius 1 is 1.24 bits per heavy atom. The predicted octanol–water partition coefficient (Wildman–Crippen LogP) is 2.04. The van der Waals surface area contributed by atoms with Gasteiger partial charge in [-0.15, -0.1) is 0 Å². The van der Waals surface area contributed by atoms with Crippen LogP contribution < -0.4 is 5.73 Å². The van der Waals surface area contributed by atoms with Crippen LogP contribution in [0.25, 0.3) is 5.82 Å². The first-order valence-corrected chi connectivity index (χ1v) is 6.03. The standard InChI is InChI=1S/C13H16N4/c1-9-7-15-13(6-10(9)14)17-8-16-11-4-2-3-5-12(11)17/h6-8H,2-5H2,1H3,(H2,14,15). The average molecular weight is 228 g/mol. The zero-order valence-corrected chi connectivity index (χ0v) is 9.98. The predicted molar refractivity (Wildman–Crippen MR) is 67.2 cm³/mol. The first-order chi connectivity index (χ1) is 8.25. The Hall–Kier alpha value is -1.84. The maximum atomic E-state index is 5.93. The van der Waals surface area contributed by atoms with Crippen molar-refractivity contribution in [2.75, 3.05) is 5.73 Å². The highest BCUT2D eigenvalue weighted by Gasteiger charge is 2.16. The van der Waals surface area contributed by atoms with Crippen molar-refractivity contribution >= 4 is 5.69 Å². The SMILES string of the molecule is Cc1cnc(-n2cnc3c2CCCC3)cc1N. The van der Waals surface area contributed by atoms with Gasteiger partial charge in [0.2, 0.25) is 0 Å². The Bertz CT molecular complexity index is 557. The molecule has 1 aliphatic rings. The minimum atomic E-state index is 0.785. The van der Waals surface area contributed by atoms with Crippen molar-refractivity contribution in [2.45, 2.75) is 32.6 Å². The van der Waals surface area contributed by atoms with Crippen LogP contribution in [0.2, 0.25) is 0 Å². The van der Waals surface area contributed by atoms with Gasteiger partial charge >= 0.3 is 0 Å². The smallest absolute Gasteiger partial charge is 0.140 e. The fourth-order valence-electron chi connectivity index (χ4n) is 2.33. The molecule has 0 spiro atoms. The maximum Gasteiger partial charge on any atom is 0.140 e. The number of imidazole rings is 1. The molecule has 17 heavy (non-hydrogen) atoms. The lowest BCUT2D eigenvalue weighted by Gasteiger charge is -2.13. The van der Waals surface area contributed by atoms with Gasteiger partial charge in [-0.1, -0.05) is 0 Å². The number of hydrogen-bond donors (Lipinski definition) is 1. The first kappa shape index (κ1) is 10.3. The molecule has 0 radical (unpaired) electrons. The molecule has 0 saturated heterocycles. The van der Waals surface area contributed by atoms with Crippen molar-refractivity contribution in [3.63, 3.8) is 0 Å². The van der Waals surface area contributed by atoms with E-state index in [2.05, 4.69) is 14.5 Å². The Morgan fingerprint density at radius 3 is 2.88 bits per heavy atom. The summed E-state index contributed by atoms with van der Waals surface area (Å²) in [4.78, 5) is 8.90. The van der Waals surface area contributed by atoms with E-state index >= 15 is 0 Å². The number of fused-ring (bicyclic) bond motifs is 1. The molecule has 0 atom stereocenters. The lowest BCUT2D eigenvalue weighted by molar-refractivity contribution is 0.654. The molecule has 0 aliphatic heterocycles. The summed E-state index contributed by atoms with van der Waals surface area (Å²) in [5.41, 5.74) is 10.2. The van der Waals surface area contributed by atoms with Crippen LogP contribution in [0.3, 0.4) is 0 Å². The van der Waals surface area contributed by atoms with Gasteiger partial charge in [-0.3, -0.25) is 4.57 Å². The van der Waals surface area contributed by atoms with Gasteiger partial charge in [-0.25, -0.2) is 9.97 Å². The second kappa shape index (κ2) is 3.87. The third-order valence-corrected chi connectivity index (χ3v) is 3.41. The number of aryl methyl sites for hydroxylation is 2. The molecule has 88 valence electrons. The quantitative estimate of drug-likeness (QED) is 0.812. The van der Waals surface area contributed by atoms with Gasteiger partial charge in [0.25, 0.3) is 0 Å². The molecule has 2 heterocycles. The van der Waals surface area contributed by atoms with Crippen molar-refractivity contribution in [3.05, 3.63) is 35.5 Å². The minimum absolute atomic E-state index is 0.785. The molecule has 1 aliphatic carbocycles. The molecule has 2 N–H and O–H groups in total. The molecule has 0 saturated carbocycles. The lowest BCUT2D eigenvalue weighted by Crippen LogP contribution is -2.08. The van der Waals surface area contributed by atoms with Gasteiger partial charge in [-0.2, -0.15) is 0 Å². The Kier molecular flexibility index (Phi) is 2.35. The zero-order valence-electron chi connectivity index (χ0n) is 9.98. The van der Waals surface area contributed by atoms with Crippen molar-refractivity contribution < 1.29 is 0 Å². The molecule has 2 aromatic heterocycles. The number of nitrogens with two attached hydrogens (primary N) is 1. The molecular formula is C13H16N4. The number of pyridine rings is 1. The van der Waals surface area contributed by atoms with Crippen LogP contribution in [0, 0.1) is 6.92 Å². The first-order valence-electron chi connectivity index (χ1n) is 6.03. The van der Waals surface area contributed by atoms with Gasteiger partial charge in [0.15, 0.2) is 0 Å². The largest absolute Gasteiger partial charge is 0.398 e. The van der Waals surface area contributed by atoms with Gasteiger partial charge in [-0.05, 0) is 38.2 Å². The van der Waals surface area contributed by atoms with Crippen molar-refractivity contribution in [1.29, 1.82) is 0 Å². The molecule has 0 amide bonds. The fraction of sp³-hybridized carbons (Fsp3) is 0.385. The third-order valence-electron chi connectivity index (χ3n) is 3.41. The highest BCUT2D eigenvalue weighted by molar-refractivity contribution is 5.50. The van der Waals surface area contributed by atoms with Gasteiger partial charge in [0.1, 0.15) is 12.1 Å². The number of nitrogens with zero attached hydrogens (tertiary/aromatic N) is 3. The second-order valence-electron chi connectivity index (χ2n) is 4.61. The molecule has 4 heteroatoms. The topological polar surface area (TPSA) is 56.7 Å². The van der Waals surface area contributed by atoms with E-state index in [0.717, 1.165) is 29.9 Å². The molecule has 2 aromatic rings. The average Bonchev–Trinajstić information content (AvgIpc) is 2.76. The van der Waals surface area contributed by atoms with E-state index in [1.54, 1.807) is 0 Å². The van der Waals surface area contributed by atoms with E-state index in [4.69, 9.17) is 5.73 Å². The lowest BCUT2D eigenvalue weighted by atomic mass is 10.0. The van der Waals surface area contributed by atoms with Gasteiger partial charge in [0.05, 0.1) is 5.69 Å². The van der Waals surface area contributed by atoms with Crippen molar-refractivity contribution in [1.82, 2.24) is 14.5 Å². The monoisotopic (exact) mass is 228 g/mol. The van der Waals surface area contributed by atoms with E-state index in [1.165, 1.54) is 24.2 Å². The van der Waals surface area contributed by atoms with Crippen LogP contribution in [0.15, 0.2) is 18.6 Å². The van der Waals surface area contributed by atoms with E-state index < -0.39 is 0 Å². The molecular weight excluding hydrogens is 212 g/mol.